The van der Waals surface area contributed by atoms with Crippen LogP contribution in [0.15, 0.2) is 42.5 Å². The fourth-order valence-corrected chi connectivity index (χ4v) is 7.76. The summed E-state index contributed by atoms with van der Waals surface area (Å²) in [6, 6.07) is 15.5. The van der Waals surface area contributed by atoms with Crippen LogP contribution in [0.3, 0.4) is 0 Å². The lowest BCUT2D eigenvalue weighted by atomic mass is 9.49. The number of nitrogens with one attached hydrogen (secondary N) is 2. The topological polar surface area (TPSA) is 86.6 Å². The first kappa shape index (κ1) is 28.3. The highest BCUT2D eigenvalue weighted by Gasteiger charge is 2.64. The molecule has 1 amide bonds. The predicted octanol–water partition coefficient (Wildman–Crippen LogP) is 5.39. The number of carbonyl (C=O) groups excluding carboxylic acids is 1. The van der Waals surface area contributed by atoms with E-state index in [1.54, 1.807) is 25.3 Å². The number of ether oxygens (including phenoxy) is 2. The van der Waals surface area contributed by atoms with Gasteiger partial charge in [0.05, 0.1) is 12.7 Å². The highest BCUT2D eigenvalue weighted by Crippen LogP contribution is 2.55. The molecule has 2 aromatic rings. The fourth-order valence-electron chi connectivity index (χ4n) is 7.76. The van der Waals surface area contributed by atoms with Gasteiger partial charge in [-0.1, -0.05) is 27.7 Å². The van der Waals surface area contributed by atoms with Crippen molar-refractivity contribution in [3.05, 3.63) is 53.6 Å². The lowest BCUT2D eigenvalue weighted by Gasteiger charge is -2.63. The molecule has 2 aromatic carbocycles. The zero-order chi connectivity index (χ0) is 28.5. The van der Waals surface area contributed by atoms with Gasteiger partial charge in [-0.3, -0.25) is 4.79 Å². The number of carbonyl (C=O) groups is 1. The van der Waals surface area contributed by atoms with Gasteiger partial charge in [0.25, 0.3) is 5.91 Å². The Morgan fingerprint density at radius 3 is 2.20 bits per heavy atom. The molecule has 3 aliphatic rings. The molecule has 40 heavy (non-hydrogen) atoms. The number of hydrogen-bond acceptors (Lipinski definition) is 6. The van der Waals surface area contributed by atoms with Crippen LogP contribution < -0.4 is 25.0 Å². The van der Waals surface area contributed by atoms with Crippen LogP contribution in [-0.4, -0.2) is 51.3 Å². The maximum atomic E-state index is 13.3. The van der Waals surface area contributed by atoms with Gasteiger partial charge in [0.15, 0.2) is 0 Å². The molecule has 2 saturated heterocycles. The lowest BCUT2D eigenvalue weighted by Crippen LogP contribution is -2.74. The fraction of sp³-hybridized carbons (Fsp3) is 0.576. The van der Waals surface area contributed by atoms with E-state index < -0.39 is 0 Å². The third-order valence-corrected chi connectivity index (χ3v) is 9.75. The number of benzene rings is 2. The van der Waals surface area contributed by atoms with E-state index in [9.17, 15) is 10.1 Å². The van der Waals surface area contributed by atoms with Crippen LogP contribution in [0.25, 0.3) is 0 Å². The summed E-state index contributed by atoms with van der Waals surface area (Å²) in [7, 11) is 1.55. The van der Waals surface area contributed by atoms with Gasteiger partial charge in [-0.05, 0) is 87.0 Å². The average Bonchev–Trinajstić information content (AvgIpc) is 2.98. The SMILES string of the molecule is COc1cc(OC2C(C)(C)C(NC(=O)c3ccc(N4CCC(C5CCNCC5)CC4)cc3)C2(C)C)ccc1C#N. The second-order valence-electron chi connectivity index (χ2n) is 13.0. The van der Waals surface area contributed by atoms with Crippen molar-refractivity contribution in [3.63, 3.8) is 0 Å². The van der Waals surface area contributed by atoms with Crippen molar-refractivity contribution < 1.29 is 14.3 Å². The minimum Gasteiger partial charge on any atom is -0.495 e. The number of amides is 1. The van der Waals surface area contributed by atoms with Crippen molar-refractivity contribution >= 4 is 11.6 Å². The summed E-state index contributed by atoms with van der Waals surface area (Å²) in [4.78, 5) is 15.8. The van der Waals surface area contributed by atoms with Gasteiger partial charge in [0, 0.05) is 47.3 Å². The molecule has 0 unspecified atom stereocenters. The van der Waals surface area contributed by atoms with Gasteiger partial charge >= 0.3 is 0 Å². The van der Waals surface area contributed by atoms with Gasteiger partial charge in [0.2, 0.25) is 0 Å². The van der Waals surface area contributed by atoms with Crippen molar-refractivity contribution in [2.24, 2.45) is 22.7 Å². The Balaban J connectivity index is 1.18. The van der Waals surface area contributed by atoms with E-state index in [0.717, 1.165) is 24.9 Å². The Kier molecular flexibility index (Phi) is 8.01. The summed E-state index contributed by atoms with van der Waals surface area (Å²) in [6.45, 7) is 13.1. The van der Waals surface area contributed by atoms with Gasteiger partial charge < -0.3 is 25.0 Å². The Hall–Kier alpha value is -3.24. The van der Waals surface area contributed by atoms with Crippen LogP contribution in [0.1, 0.15) is 69.3 Å². The van der Waals surface area contributed by atoms with Gasteiger partial charge in [-0.2, -0.15) is 5.26 Å². The number of rotatable bonds is 7. The molecule has 2 aliphatic heterocycles. The molecule has 0 bridgehead atoms. The molecular weight excluding hydrogens is 500 g/mol. The summed E-state index contributed by atoms with van der Waals surface area (Å²) < 4.78 is 11.8. The van der Waals surface area contributed by atoms with Gasteiger partial charge in [-0.15, -0.1) is 0 Å². The standard InChI is InChI=1S/C33H44N4O3/c1-32(2)30(33(3,4)31(32)40-27-11-8-25(21-34)28(20-27)39-5)36-29(38)24-6-9-26(10-7-24)37-18-14-23(15-19-37)22-12-16-35-17-13-22/h6-11,20,22-23,30-31,35H,12-19H2,1-5H3,(H,36,38). The van der Waals surface area contributed by atoms with E-state index in [1.165, 1.54) is 44.5 Å². The van der Waals surface area contributed by atoms with Crippen molar-refractivity contribution in [1.29, 1.82) is 5.26 Å². The van der Waals surface area contributed by atoms with Crippen molar-refractivity contribution in [3.8, 4) is 17.6 Å². The first-order valence-electron chi connectivity index (χ1n) is 14.8. The number of methoxy groups -OCH3 is 1. The van der Waals surface area contributed by atoms with E-state index in [0.29, 0.717) is 22.6 Å². The minimum absolute atomic E-state index is 0.0548. The molecule has 2 N–H and O–H groups in total. The first-order chi connectivity index (χ1) is 19.1. The van der Waals surface area contributed by atoms with E-state index >= 15 is 0 Å². The molecule has 0 radical (unpaired) electrons. The maximum Gasteiger partial charge on any atom is 0.251 e. The molecule has 0 aromatic heterocycles. The third kappa shape index (κ3) is 5.39. The van der Waals surface area contributed by atoms with Crippen LogP contribution in [-0.2, 0) is 0 Å². The number of nitrogens with zero attached hydrogens (tertiary/aromatic N) is 2. The van der Waals surface area contributed by atoms with Crippen molar-refractivity contribution in [2.45, 2.75) is 65.5 Å². The molecule has 7 heteroatoms. The normalized spacial score (nSPS) is 24.4. The minimum atomic E-state index is -0.293. The molecule has 214 valence electrons. The monoisotopic (exact) mass is 544 g/mol. The Morgan fingerprint density at radius 2 is 1.60 bits per heavy atom. The zero-order valence-corrected chi connectivity index (χ0v) is 24.6. The van der Waals surface area contributed by atoms with Crippen LogP contribution >= 0.6 is 0 Å². The quantitative estimate of drug-likeness (QED) is 0.486. The number of anilines is 1. The van der Waals surface area contributed by atoms with E-state index in [2.05, 4.69) is 61.4 Å². The van der Waals surface area contributed by atoms with Crippen LogP contribution in [0, 0.1) is 34.0 Å². The van der Waals surface area contributed by atoms with E-state index in [1.807, 2.05) is 12.1 Å². The lowest BCUT2D eigenvalue weighted by molar-refractivity contribution is -0.164. The molecule has 1 aliphatic carbocycles. The molecule has 7 nitrogen and oxygen atoms in total. The largest absolute Gasteiger partial charge is 0.495 e. The van der Waals surface area contributed by atoms with Crippen LogP contribution in [0.2, 0.25) is 0 Å². The summed E-state index contributed by atoms with van der Waals surface area (Å²) in [6.07, 6.45) is 5.03. The van der Waals surface area contributed by atoms with Crippen molar-refractivity contribution in [2.75, 3.05) is 38.2 Å². The summed E-state index contributed by atoms with van der Waals surface area (Å²) in [5, 5.41) is 16.1. The van der Waals surface area contributed by atoms with Gasteiger partial charge in [-0.25, -0.2) is 0 Å². The van der Waals surface area contributed by atoms with Crippen molar-refractivity contribution in [1.82, 2.24) is 10.6 Å². The van der Waals surface area contributed by atoms with Crippen LogP contribution in [0.4, 0.5) is 5.69 Å². The second kappa shape index (κ2) is 11.3. The second-order valence-corrected chi connectivity index (χ2v) is 13.0. The molecule has 1 saturated carbocycles. The average molecular weight is 545 g/mol. The van der Waals surface area contributed by atoms with Crippen LogP contribution in [0.5, 0.6) is 11.5 Å². The summed E-state index contributed by atoms with van der Waals surface area (Å²) in [5.74, 6) is 2.83. The third-order valence-electron chi connectivity index (χ3n) is 9.75. The molecule has 2 heterocycles. The number of hydrogen-bond donors (Lipinski definition) is 2. The molecule has 0 atom stereocenters. The van der Waals surface area contributed by atoms with E-state index in [4.69, 9.17) is 9.47 Å². The number of piperidine rings is 2. The summed E-state index contributed by atoms with van der Waals surface area (Å²) >= 11 is 0. The highest BCUT2D eigenvalue weighted by molar-refractivity contribution is 5.95. The Labute approximate surface area is 239 Å². The Bertz CT molecular complexity index is 1220. The first-order valence-corrected chi connectivity index (χ1v) is 14.8. The molecule has 3 fully saturated rings. The highest BCUT2D eigenvalue weighted by atomic mass is 16.5. The smallest absolute Gasteiger partial charge is 0.251 e. The Morgan fingerprint density at radius 1 is 0.975 bits per heavy atom. The molecular formula is C33H44N4O3. The predicted molar refractivity (Wildman–Crippen MR) is 158 cm³/mol. The molecule has 0 spiro atoms. The molecule has 5 rings (SSSR count). The zero-order valence-electron chi connectivity index (χ0n) is 24.6. The van der Waals surface area contributed by atoms with E-state index in [-0.39, 0.29) is 28.9 Å². The number of nitriles is 1. The summed E-state index contributed by atoms with van der Waals surface area (Å²) in [5.41, 5.74) is 1.77. The van der Waals surface area contributed by atoms with Gasteiger partial charge in [0.1, 0.15) is 23.7 Å². The maximum absolute atomic E-state index is 13.3.